The number of amides is 2. The van der Waals surface area contributed by atoms with Gasteiger partial charge in [0.2, 0.25) is 0 Å². The molecule has 1 rings (SSSR count). The Bertz CT molecular complexity index is 613. The number of hydrazine groups is 1. The van der Waals surface area contributed by atoms with E-state index in [2.05, 4.69) is 39.0 Å². The summed E-state index contributed by atoms with van der Waals surface area (Å²) in [6.07, 6.45) is 2.01. The van der Waals surface area contributed by atoms with Crippen molar-refractivity contribution in [1.82, 2.24) is 16.2 Å². The Balaban J connectivity index is 2.49. The van der Waals surface area contributed by atoms with Crippen molar-refractivity contribution < 1.29 is 19.1 Å². The molecule has 138 valence electrons. The van der Waals surface area contributed by atoms with Gasteiger partial charge in [0, 0.05) is 12.2 Å². The summed E-state index contributed by atoms with van der Waals surface area (Å²) in [6, 6.07) is 5.00. The third-order valence-corrected chi connectivity index (χ3v) is 3.75. The zero-order valence-electron chi connectivity index (χ0n) is 14.2. The number of rotatable bonds is 8. The van der Waals surface area contributed by atoms with Crippen molar-refractivity contribution in [3.63, 3.8) is 0 Å². The molecule has 0 radical (unpaired) electrons. The van der Waals surface area contributed by atoms with Crippen molar-refractivity contribution >= 4 is 45.1 Å². The van der Waals surface area contributed by atoms with E-state index in [0.29, 0.717) is 29.0 Å². The molecule has 0 fully saturated rings. The summed E-state index contributed by atoms with van der Waals surface area (Å²) < 4.78 is 11.2. The number of ether oxygens (including phenoxy) is 2. The SMILES string of the molecule is CCCCOc1ccc(C(=O)NC(=S)NNC(=O)COCC)cc1Br. The molecule has 0 saturated carbocycles. The minimum atomic E-state index is -0.405. The zero-order valence-corrected chi connectivity index (χ0v) is 16.6. The smallest absolute Gasteiger partial charge is 0.264 e. The lowest BCUT2D eigenvalue weighted by atomic mass is 10.2. The number of thiocarbonyl (C=S) groups is 1. The number of nitrogens with one attached hydrogen (secondary N) is 3. The quantitative estimate of drug-likeness (QED) is 0.332. The Morgan fingerprint density at radius 2 is 2.00 bits per heavy atom. The normalized spacial score (nSPS) is 10.0. The van der Waals surface area contributed by atoms with Crippen molar-refractivity contribution in [3.8, 4) is 5.75 Å². The van der Waals surface area contributed by atoms with Gasteiger partial charge in [-0.25, -0.2) is 0 Å². The molecule has 0 spiro atoms. The van der Waals surface area contributed by atoms with E-state index in [4.69, 9.17) is 21.7 Å². The van der Waals surface area contributed by atoms with Gasteiger partial charge in [-0.05, 0) is 59.7 Å². The van der Waals surface area contributed by atoms with Crippen LogP contribution in [-0.2, 0) is 9.53 Å². The Labute approximate surface area is 160 Å². The second-order valence-electron chi connectivity index (χ2n) is 4.94. The van der Waals surface area contributed by atoms with E-state index in [1.54, 1.807) is 25.1 Å². The lowest BCUT2D eigenvalue weighted by Crippen LogP contribution is -2.49. The molecule has 0 aliphatic rings. The Morgan fingerprint density at radius 3 is 2.64 bits per heavy atom. The van der Waals surface area contributed by atoms with Gasteiger partial charge >= 0.3 is 0 Å². The monoisotopic (exact) mass is 431 g/mol. The zero-order chi connectivity index (χ0) is 18.7. The van der Waals surface area contributed by atoms with E-state index in [9.17, 15) is 9.59 Å². The van der Waals surface area contributed by atoms with E-state index in [0.717, 1.165) is 12.8 Å². The summed E-state index contributed by atoms with van der Waals surface area (Å²) in [7, 11) is 0. The van der Waals surface area contributed by atoms with Crippen molar-refractivity contribution in [2.75, 3.05) is 19.8 Å². The maximum atomic E-state index is 12.2. The molecule has 0 heterocycles. The van der Waals surface area contributed by atoms with Crippen LogP contribution >= 0.6 is 28.1 Å². The van der Waals surface area contributed by atoms with Crippen LogP contribution < -0.4 is 20.9 Å². The van der Waals surface area contributed by atoms with Crippen LogP contribution in [0.1, 0.15) is 37.0 Å². The van der Waals surface area contributed by atoms with Crippen LogP contribution in [-0.4, -0.2) is 36.7 Å². The molecule has 0 aliphatic heterocycles. The van der Waals surface area contributed by atoms with Gasteiger partial charge < -0.3 is 9.47 Å². The summed E-state index contributed by atoms with van der Waals surface area (Å²) in [4.78, 5) is 23.5. The molecule has 3 N–H and O–H groups in total. The van der Waals surface area contributed by atoms with E-state index >= 15 is 0 Å². The number of carbonyl (C=O) groups is 2. The summed E-state index contributed by atoms with van der Waals surface area (Å²) in [5.41, 5.74) is 5.16. The summed E-state index contributed by atoms with van der Waals surface area (Å²) in [5.74, 6) is -0.124. The first-order chi connectivity index (χ1) is 12.0. The van der Waals surface area contributed by atoms with E-state index in [1.165, 1.54) is 0 Å². The average molecular weight is 432 g/mol. The molecule has 0 aromatic heterocycles. The van der Waals surface area contributed by atoms with Gasteiger partial charge in [-0.1, -0.05) is 13.3 Å². The largest absolute Gasteiger partial charge is 0.492 e. The third-order valence-electron chi connectivity index (χ3n) is 2.93. The molecule has 0 saturated heterocycles. The van der Waals surface area contributed by atoms with Crippen LogP contribution in [0.5, 0.6) is 5.75 Å². The second kappa shape index (κ2) is 11.8. The van der Waals surface area contributed by atoms with Gasteiger partial charge in [0.1, 0.15) is 12.4 Å². The first-order valence-corrected chi connectivity index (χ1v) is 9.08. The fourth-order valence-corrected chi connectivity index (χ4v) is 2.29. The summed E-state index contributed by atoms with van der Waals surface area (Å²) in [6.45, 7) is 4.83. The lowest BCUT2D eigenvalue weighted by molar-refractivity contribution is -0.126. The van der Waals surface area contributed by atoms with Gasteiger partial charge in [0.25, 0.3) is 11.8 Å². The molecule has 9 heteroatoms. The summed E-state index contributed by atoms with van der Waals surface area (Å²) in [5, 5.41) is 2.45. The molecule has 2 amide bonds. The molecule has 0 bridgehead atoms. The number of benzene rings is 1. The number of halogens is 1. The van der Waals surface area contributed by atoms with Crippen LogP contribution in [0.2, 0.25) is 0 Å². The highest BCUT2D eigenvalue weighted by Crippen LogP contribution is 2.26. The Morgan fingerprint density at radius 1 is 1.24 bits per heavy atom. The van der Waals surface area contributed by atoms with Crippen LogP contribution in [0.25, 0.3) is 0 Å². The highest BCUT2D eigenvalue weighted by atomic mass is 79.9. The number of unbranched alkanes of at least 4 members (excludes halogenated alkanes) is 1. The first kappa shape index (κ1) is 21.3. The van der Waals surface area contributed by atoms with Crippen molar-refractivity contribution in [1.29, 1.82) is 0 Å². The lowest BCUT2D eigenvalue weighted by Gasteiger charge is -2.12. The van der Waals surface area contributed by atoms with Crippen LogP contribution in [0.3, 0.4) is 0 Å². The Hall–Kier alpha value is -1.71. The highest BCUT2D eigenvalue weighted by Gasteiger charge is 2.11. The van der Waals surface area contributed by atoms with Crippen LogP contribution in [0.4, 0.5) is 0 Å². The molecule has 1 aromatic carbocycles. The van der Waals surface area contributed by atoms with E-state index in [1.807, 2.05) is 0 Å². The van der Waals surface area contributed by atoms with E-state index < -0.39 is 11.8 Å². The minimum Gasteiger partial charge on any atom is -0.492 e. The predicted molar refractivity (Wildman–Crippen MR) is 102 cm³/mol. The summed E-state index contributed by atoms with van der Waals surface area (Å²) >= 11 is 8.34. The van der Waals surface area contributed by atoms with Crippen molar-refractivity contribution in [3.05, 3.63) is 28.2 Å². The fraction of sp³-hybridized carbons (Fsp3) is 0.438. The molecular weight excluding hydrogens is 410 g/mol. The average Bonchev–Trinajstić information content (AvgIpc) is 2.59. The molecule has 0 unspecified atom stereocenters. The fourth-order valence-electron chi connectivity index (χ4n) is 1.65. The maximum Gasteiger partial charge on any atom is 0.264 e. The van der Waals surface area contributed by atoms with Crippen molar-refractivity contribution in [2.24, 2.45) is 0 Å². The Kier molecular flexibility index (Phi) is 10.0. The first-order valence-electron chi connectivity index (χ1n) is 7.88. The molecule has 0 atom stereocenters. The van der Waals surface area contributed by atoms with Crippen LogP contribution in [0.15, 0.2) is 22.7 Å². The molecule has 0 aliphatic carbocycles. The number of hydrogen-bond donors (Lipinski definition) is 3. The highest BCUT2D eigenvalue weighted by molar-refractivity contribution is 9.10. The van der Waals surface area contributed by atoms with Gasteiger partial charge in [0.15, 0.2) is 5.11 Å². The van der Waals surface area contributed by atoms with Gasteiger partial charge in [-0.15, -0.1) is 0 Å². The maximum absolute atomic E-state index is 12.2. The minimum absolute atomic E-state index is 0.0192. The van der Waals surface area contributed by atoms with E-state index in [-0.39, 0.29) is 11.7 Å². The molecular formula is C16H22BrN3O4S. The number of carbonyl (C=O) groups excluding carboxylic acids is 2. The second-order valence-corrected chi connectivity index (χ2v) is 6.20. The van der Waals surface area contributed by atoms with Crippen LogP contribution in [0, 0.1) is 0 Å². The molecule has 7 nitrogen and oxygen atoms in total. The number of hydrogen-bond acceptors (Lipinski definition) is 5. The topological polar surface area (TPSA) is 88.7 Å². The van der Waals surface area contributed by atoms with Gasteiger partial charge in [0.05, 0.1) is 11.1 Å². The predicted octanol–water partition coefficient (Wildman–Crippen LogP) is 2.30. The molecule has 1 aromatic rings. The standard InChI is InChI=1S/C16H22BrN3O4S/c1-3-5-8-24-13-7-6-11(9-12(13)17)15(22)18-16(25)20-19-14(21)10-23-4-2/h6-7,9H,3-5,8,10H2,1-2H3,(H,19,21)(H2,18,20,22,25). The molecule has 25 heavy (non-hydrogen) atoms. The van der Waals surface area contributed by atoms with Crippen molar-refractivity contribution in [2.45, 2.75) is 26.7 Å². The van der Waals surface area contributed by atoms with Gasteiger partial charge in [-0.2, -0.15) is 0 Å². The van der Waals surface area contributed by atoms with Gasteiger partial charge in [-0.3, -0.25) is 25.8 Å². The third kappa shape index (κ3) is 8.28.